The van der Waals surface area contributed by atoms with E-state index < -0.39 is 0 Å². The van der Waals surface area contributed by atoms with Gasteiger partial charge in [0, 0.05) is 18.7 Å². The first-order chi connectivity index (χ1) is 15.5. The van der Waals surface area contributed by atoms with E-state index in [2.05, 4.69) is 64.6 Å². The van der Waals surface area contributed by atoms with Crippen LogP contribution >= 0.6 is 11.3 Å². The maximum Gasteiger partial charge on any atom is 0.186 e. The highest BCUT2D eigenvalue weighted by Gasteiger charge is 2.23. The number of anilines is 1. The monoisotopic (exact) mass is 456 g/mol. The number of aldehydes is 1. The molecule has 178 valence electrons. The third-order valence-corrected chi connectivity index (χ3v) is 7.74. The number of thiazole rings is 1. The van der Waals surface area contributed by atoms with E-state index in [0.29, 0.717) is 11.8 Å². The van der Waals surface area contributed by atoms with Crippen molar-refractivity contribution in [2.75, 3.05) is 18.0 Å². The molecule has 2 rings (SSSR count). The molecule has 0 saturated carbocycles. The predicted octanol–water partition coefficient (Wildman–Crippen LogP) is 8.48. The maximum absolute atomic E-state index is 12.0. The van der Waals surface area contributed by atoms with Gasteiger partial charge in [-0.25, -0.2) is 4.98 Å². The van der Waals surface area contributed by atoms with Gasteiger partial charge in [0.15, 0.2) is 11.4 Å². The van der Waals surface area contributed by atoms with Gasteiger partial charge in [0.2, 0.25) is 0 Å². The molecule has 0 bridgehead atoms. The fourth-order valence-corrected chi connectivity index (χ4v) is 5.41. The molecule has 0 aliphatic carbocycles. The number of carbonyl (C=O) groups is 1. The minimum absolute atomic E-state index is 0.673. The largest absolute Gasteiger partial charge is 0.348 e. The fourth-order valence-electron chi connectivity index (χ4n) is 4.50. The number of carbonyl (C=O) groups excluding carboxylic acids is 1. The Bertz CT molecular complexity index is 811. The van der Waals surface area contributed by atoms with Crippen LogP contribution < -0.4 is 4.90 Å². The quantitative estimate of drug-likeness (QED) is 0.252. The van der Waals surface area contributed by atoms with E-state index in [1.807, 2.05) is 0 Å². The first kappa shape index (κ1) is 26.6. The SMILES string of the molecule is CCCCC(CC)CN(CC(CC)CCCC)c1nc(-c2ccc(C)cc2C)c(C=O)s1. The summed E-state index contributed by atoms with van der Waals surface area (Å²) in [6, 6.07) is 6.41. The standard InChI is InChI=1S/C28H44N2OS/c1-7-11-13-23(9-3)18-30(19-24(10-4)14-12-8-2)28-29-27(26(20-31)32-28)25-16-15-21(5)17-22(25)6/h15-17,20,23-24H,7-14,18-19H2,1-6H3. The molecule has 1 aromatic heterocycles. The van der Waals surface area contributed by atoms with E-state index in [4.69, 9.17) is 4.98 Å². The average Bonchev–Trinajstić information content (AvgIpc) is 3.22. The van der Waals surface area contributed by atoms with E-state index in [9.17, 15) is 4.79 Å². The van der Waals surface area contributed by atoms with Crippen molar-refractivity contribution in [2.45, 2.75) is 92.9 Å². The number of hydrogen-bond acceptors (Lipinski definition) is 4. The van der Waals surface area contributed by atoms with Gasteiger partial charge in [-0.3, -0.25) is 4.79 Å². The Labute approximate surface area is 200 Å². The lowest BCUT2D eigenvalue weighted by Gasteiger charge is -2.30. The highest BCUT2D eigenvalue weighted by atomic mass is 32.1. The Kier molecular flexibility index (Phi) is 11.4. The minimum atomic E-state index is 0.673. The first-order valence-corrected chi connectivity index (χ1v) is 13.6. The van der Waals surface area contributed by atoms with E-state index in [1.165, 1.54) is 62.5 Å². The van der Waals surface area contributed by atoms with Crippen molar-refractivity contribution in [3.8, 4) is 11.3 Å². The molecule has 0 saturated heterocycles. The first-order valence-electron chi connectivity index (χ1n) is 12.8. The van der Waals surface area contributed by atoms with Gasteiger partial charge in [0.25, 0.3) is 0 Å². The van der Waals surface area contributed by atoms with Crippen LogP contribution in [0.2, 0.25) is 0 Å². The Balaban J connectivity index is 2.40. The number of benzene rings is 1. The van der Waals surface area contributed by atoms with E-state index >= 15 is 0 Å². The maximum atomic E-state index is 12.0. The molecule has 0 aliphatic rings. The zero-order valence-electron chi connectivity index (χ0n) is 21.2. The van der Waals surface area contributed by atoms with Crippen LogP contribution in [0.4, 0.5) is 5.13 Å². The van der Waals surface area contributed by atoms with Gasteiger partial charge < -0.3 is 4.90 Å². The zero-order valence-corrected chi connectivity index (χ0v) is 22.1. The average molecular weight is 457 g/mol. The molecule has 1 heterocycles. The van der Waals surface area contributed by atoms with Gasteiger partial charge in [-0.05, 0) is 44.1 Å². The number of rotatable bonds is 15. The number of nitrogens with zero attached hydrogens (tertiary/aromatic N) is 2. The molecule has 32 heavy (non-hydrogen) atoms. The van der Waals surface area contributed by atoms with Crippen LogP contribution in [-0.4, -0.2) is 24.4 Å². The smallest absolute Gasteiger partial charge is 0.186 e. The molecule has 4 heteroatoms. The van der Waals surface area contributed by atoms with Crippen LogP contribution in [0, 0.1) is 25.7 Å². The molecular weight excluding hydrogens is 412 g/mol. The van der Waals surface area contributed by atoms with Crippen LogP contribution in [-0.2, 0) is 0 Å². The van der Waals surface area contributed by atoms with Crippen LogP contribution in [0.5, 0.6) is 0 Å². The summed E-state index contributed by atoms with van der Waals surface area (Å²) in [5.41, 5.74) is 4.35. The molecule has 3 nitrogen and oxygen atoms in total. The molecule has 0 radical (unpaired) electrons. The molecular formula is C28H44N2OS. The fraction of sp³-hybridized carbons (Fsp3) is 0.643. The highest BCUT2D eigenvalue weighted by molar-refractivity contribution is 7.17. The van der Waals surface area contributed by atoms with Crippen molar-refractivity contribution >= 4 is 22.8 Å². The van der Waals surface area contributed by atoms with E-state index in [1.54, 1.807) is 11.3 Å². The molecule has 2 unspecified atom stereocenters. The van der Waals surface area contributed by atoms with Crippen molar-refractivity contribution in [2.24, 2.45) is 11.8 Å². The van der Waals surface area contributed by atoms with Gasteiger partial charge in [-0.2, -0.15) is 0 Å². The van der Waals surface area contributed by atoms with E-state index in [-0.39, 0.29) is 0 Å². The van der Waals surface area contributed by atoms with Crippen molar-refractivity contribution in [3.63, 3.8) is 0 Å². The number of aromatic nitrogens is 1. The molecule has 2 atom stereocenters. The Morgan fingerprint density at radius 3 is 2.03 bits per heavy atom. The van der Waals surface area contributed by atoms with Crippen LogP contribution in [0.3, 0.4) is 0 Å². The number of unbranched alkanes of at least 4 members (excludes halogenated alkanes) is 2. The molecule has 0 fully saturated rings. The summed E-state index contributed by atoms with van der Waals surface area (Å²) < 4.78 is 0. The van der Waals surface area contributed by atoms with Crippen LogP contribution in [0.25, 0.3) is 11.3 Å². The lowest BCUT2D eigenvalue weighted by molar-refractivity contribution is 0.112. The second kappa shape index (κ2) is 13.8. The lowest BCUT2D eigenvalue weighted by Crippen LogP contribution is -2.34. The second-order valence-electron chi connectivity index (χ2n) is 9.38. The van der Waals surface area contributed by atoms with Gasteiger partial charge in [-0.1, -0.05) is 101 Å². The summed E-state index contributed by atoms with van der Waals surface area (Å²) in [4.78, 5) is 20.4. The molecule has 0 amide bonds. The minimum Gasteiger partial charge on any atom is -0.348 e. The van der Waals surface area contributed by atoms with Gasteiger partial charge in [-0.15, -0.1) is 0 Å². The molecule has 0 aliphatic heterocycles. The van der Waals surface area contributed by atoms with Crippen molar-refractivity contribution in [1.82, 2.24) is 4.98 Å². The third kappa shape index (κ3) is 7.43. The van der Waals surface area contributed by atoms with Gasteiger partial charge >= 0.3 is 0 Å². The molecule has 2 aromatic rings. The number of hydrogen-bond donors (Lipinski definition) is 0. The lowest BCUT2D eigenvalue weighted by atomic mass is 9.96. The Hall–Kier alpha value is -1.68. The van der Waals surface area contributed by atoms with Crippen LogP contribution in [0.1, 0.15) is 99.9 Å². The van der Waals surface area contributed by atoms with Crippen molar-refractivity contribution in [3.05, 3.63) is 34.2 Å². The molecule has 0 N–H and O–H groups in total. The second-order valence-corrected chi connectivity index (χ2v) is 10.4. The topological polar surface area (TPSA) is 33.2 Å². The predicted molar refractivity (Wildman–Crippen MR) is 141 cm³/mol. The van der Waals surface area contributed by atoms with Crippen molar-refractivity contribution < 1.29 is 4.79 Å². The summed E-state index contributed by atoms with van der Waals surface area (Å²) in [6.07, 6.45) is 11.0. The van der Waals surface area contributed by atoms with E-state index in [0.717, 1.165) is 40.6 Å². The summed E-state index contributed by atoms with van der Waals surface area (Å²) >= 11 is 1.57. The Morgan fingerprint density at radius 1 is 0.969 bits per heavy atom. The van der Waals surface area contributed by atoms with Crippen LogP contribution in [0.15, 0.2) is 18.2 Å². The molecule has 1 aromatic carbocycles. The normalized spacial score (nSPS) is 13.2. The molecule has 0 spiro atoms. The summed E-state index contributed by atoms with van der Waals surface area (Å²) in [5, 5.41) is 1.02. The summed E-state index contributed by atoms with van der Waals surface area (Å²) in [6.45, 7) is 15.5. The van der Waals surface area contributed by atoms with Gasteiger partial charge in [0.1, 0.15) is 0 Å². The van der Waals surface area contributed by atoms with Gasteiger partial charge in [0.05, 0.1) is 10.6 Å². The summed E-state index contributed by atoms with van der Waals surface area (Å²) in [7, 11) is 0. The number of aryl methyl sites for hydroxylation is 2. The summed E-state index contributed by atoms with van der Waals surface area (Å²) in [5.74, 6) is 1.35. The van der Waals surface area contributed by atoms with Crippen molar-refractivity contribution in [1.29, 1.82) is 0 Å². The highest BCUT2D eigenvalue weighted by Crippen LogP contribution is 2.35. The zero-order chi connectivity index (χ0) is 23.5. The third-order valence-electron chi connectivity index (χ3n) is 6.70. The Morgan fingerprint density at radius 2 is 1.56 bits per heavy atom.